The van der Waals surface area contributed by atoms with Crippen LogP contribution < -0.4 is 5.09 Å². The Kier molecular flexibility index (Phi) is 9.75. The summed E-state index contributed by atoms with van der Waals surface area (Å²) in [4.78, 5) is 0. The smallest absolute Gasteiger partial charge is 0.363 e. The summed E-state index contributed by atoms with van der Waals surface area (Å²) in [5.41, 5.74) is 0. The van der Waals surface area contributed by atoms with Crippen molar-refractivity contribution in [2.75, 3.05) is 29.8 Å². The molecule has 11 heteroatoms. The van der Waals surface area contributed by atoms with Gasteiger partial charge in [0, 0.05) is 17.6 Å². The van der Waals surface area contributed by atoms with E-state index < -0.39 is 7.75 Å². The molecule has 0 aliphatic rings. The fourth-order valence-electron chi connectivity index (χ4n) is 0.890. The van der Waals surface area contributed by atoms with Crippen LogP contribution in [0.25, 0.3) is 0 Å². The first kappa shape index (κ1) is 17.4. The molecule has 0 fully saturated rings. The van der Waals surface area contributed by atoms with E-state index in [0.717, 1.165) is 11.5 Å². The Labute approximate surface area is 138 Å². The average molecular weight is 536 g/mol. The normalized spacial score (nSPS) is 11.7. The van der Waals surface area contributed by atoms with Crippen LogP contribution in [0.5, 0.6) is 0 Å². The van der Waals surface area contributed by atoms with Gasteiger partial charge in [0.2, 0.25) is 0 Å². The van der Waals surface area contributed by atoms with Crippen LogP contribution in [0.2, 0.25) is 0 Å². The van der Waals surface area contributed by atoms with Gasteiger partial charge in [-0.05, 0) is 42.4 Å². The number of nitrogens with one attached hydrogen (secondary N) is 1. The molecule has 0 bridgehead atoms. The molecule has 0 spiro atoms. The van der Waals surface area contributed by atoms with Gasteiger partial charge in [0.25, 0.3) is 0 Å². The molecule has 1 rings (SSSR count). The standard InChI is InChI=1S/C7H11I2N2O4PS2/c8-17-5-3-14-16(12,15-4-6-18-9)11-7-1-2-13-10-7/h1-2H,3-6H2,(H,10,11,12). The van der Waals surface area contributed by atoms with Crippen molar-refractivity contribution in [1.82, 2.24) is 5.16 Å². The van der Waals surface area contributed by atoms with Crippen LogP contribution in [0.4, 0.5) is 5.82 Å². The van der Waals surface area contributed by atoms with E-state index in [0.29, 0.717) is 19.0 Å². The molecule has 0 saturated carbocycles. The molecule has 1 N–H and O–H groups in total. The lowest BCUT2D eigenvalue weighted by Crippen LogP contribution is -2.08. The van der Waals surface area contributed by atoms with Gasteiger partial charge in [0.05, 0.1) is 13.2 Å². The molecule has 0 unspecified atom stereocenters. The fourth-order valence-corrected chi connectivity index (χ4v) is 3.77. The number of halogens is 2. The molecular formula is C7H11I2N2O4PS2. The third kappa shape index (κ3) is 7.20. The monoisotopic (exact) mass is 536 g/mol. The van der Waals surface area contributed by atoms with Gasteiger partial charge in [0.15, 0.2) is 5.82 Å². The molecule has 18 heavy (non-hydrogen) atoms. The van der Waals surface area contributed by atoms with E-state index in [1.165, 1.54) is 6.26 Å². The summed E-state index contributed by atoms with van der Waals surface area (Å²) in [6.45, 7) is 0.681. The number of rotatable bonds is 10. The summed E-state index contributed by atoms with van der Waals surface area (Å²) in [7, 11) is -0.214. The Bertz CT molecular complexity index is 356. The number of aromatic nitrogens is 1. The van der Waals surface area contributed by atoms with Crippen molar-refractivity contribution in [2.45, 2.75) is 0 Å². The maximum Gasteiger partial charge on any atom is 0.434 e. The van der Waals surface area contributed by atoms with Crippen LogP contribution >= 0.6 is 68.0 Å². The van der Waals surface area contributed by atoms with Crippen LogP contribution in [0, 0.1) is 0 Å². The van der Waals surface area contributed by atoms with Crippen LogP contribution in [0.1, 0.15) is 0 Å². The molecule has 0 saturated heterocycles. The Morgan fingerprint density at radius 3 is 2.39 bits per heavy atom. The largest absolute Gasteiger partial charge is 0.434 e. The quantitative estimate of drug-likeness (QED) is 0.268. The highest BCUT2D eigenvalue weighted by molar-refractivity contribution is 14.2. The zero-order valence-corrected chi connectivity index (χ0v) is 15.9. The minimum atomic E-state index is -3.37. The molecule has 1 heterocycles. The molecule has 0 aliphatic heterocycles. The van der Waals surface area contributed by atoms with Gasteiger partial charge in [0.1, 0.15) is 6.26 Å². The first-order valence-corrected chi connectivity index (χ1v) is 13.3. The fraction of sp³-hybridized carbons (Fsp3) is 0.571. The van der Waals surface area contributed by atoms with Crippen molar-refractivity contribution in [3.8, 4) is 0 Å². The third-order valence-electron chi connectivity index (χ3n) is 1.53. The summed E-state index contributed by atoms with van der Waals surface area (Å²) in [5.74, 6) is 1.80. The van der Waals surface area contributed by atoms with E-state index in [-0.39, 0.29) is 0 Å². The maximum atomic E-state index is 12.4. The van der Waals surface area contributed by atoms with Crippen LogP contribution in [0.15, 0.2) is 16.9 Å². The Balaban J connectivity index is 2.52. The van der Waals surface area contributed by atoms with Gasteiger partial charge >= 0.3 is 7.75 Å². The van der Waals surface area contributed by atoms with Gasteiger partial charge < -0.3 is 4.52 Å². The van der Waals surface area contributed by atoms with Crippen molar-refractivity contribution in [3.05, 3.63) is 12.3 Å². The molecule has 6 nitrogen and oxygen atoms in total. The lowest BCUT2D eigenvalue weighted by Gasteiger charge is -2.17. The Morgan fingerprint density at radius 1 is 1.33 bits per heavy atom. The molecule has 1 aromatic heterocycles. The van der Waals surface area contributed by atoms with Crippen LogP contribution in [-0.4, -0.2) is 29.9 Å². The lowest BCUT2D eigenvalue weighted by molar-refractivity contribution is 0.227. The van der Waals surface area contributed by atoms with E-state index in [1.54, 1.807) is 23.9 Å². The van der Waals surface area contributed by atoms with Gasteiger partial charge in [-0.2, -0.15) is 0 Å². The van der Waals surface area contributed by atoms with Crippen molar-refractivity contribution in [1.29, 1.82) is 0 Å². The summed E-state index contributed by atoms with van der Waals surface area (Å²) in [6.07, 6.45) is 1.38. The second kappa shape index (κ2) is 10.1. The molecule has 1 aromatic rings. The summed E-state index contributed by atoms with van der Waals surface area (Å²) in [5, 5.41) is 6.26. The van der Waals surface area contributed by atoms with E-state index in [4.69, 9.17) is 9.05 Å². The predicted octanol–water partition coefficient (Wildman–Crippen LogP) is 4.39. The third-order valence-corrected chi connectivity index (χ3v) is 6.37. The van der Waals surface area contributed by atoms with E-state index >= 15 is 0 Å². The Hall–Kier alpha value is 1.32. The van der Waals surface area contributed by atoms with E-state index in [2.05, 4.69) is 57.2 Å². The molecule has 0 radical (unpaired) electrons. The number of anilines is 1. The van der Waals surface area contributed by atoms with Crippen molar-refractivity contribution >= 4 is 73.8 Å². The second-order valence-electron chi connectivity index (χ2n) is 2.79. The van der Waals surface area contributed by atoms with Crippen LogP contribution in [0.3, 0.4) is 0 Å². The first-order chi connectivity index (χ1) is 8.70. The SMILES string of the molecule is O=P(Nc1ccon1)(OCCSI)OCCSI. The molecule has 0 atom stereocenters. The van der Waals surface area contributed by atoms with E-state index in [1.807, 2.05) is 0 Å². The van der Waals surface area contributed by atoms with Crippen LogP contribution in [-0.2, 0) is 13.6 Å². The molecule has 0 amide bonds. The van der Waals surface area contributed by atoms with Gasteiger partial charge in [-0.25, -0.2) is 4.57 Å². The van der Waals surface area contributed by atoms with Crippen molar-refractivity contribution < 1.29 is 18.1 Å². The molecule has 104 valence electrons. The lowest BCUT2D eigenvalue weighted by atomic mass is 10.7. The predicted molar refractivity (Wildman–Crippen MR) is 92.6 cm³/mol. The van der Waals surface area contributed by atoms with Gasteiger partial charge in [-0.1, -0.05) is 23.0 Å². The first-order valence-electron chi connectivity index (χ1n) is 4.75. The van der Waals surface area contributed by atoms with Crippen molar-refractivity contribution in [3.63, 3.8) is 0 Å². The summed E-state index contributed by atoms with van der Waals surface area (Å²) < 4.78 is 27.6. The molecular weight excluding hydrogens is 525 g/mol. The number of hydrogen-bond acceptors (Lipinski definition) is 7. The zero-order valence-electron chi connectivity index (χ0n) is 9.08. The highest BCUT2D eigenvalue weighted by Crippen LogP contribution is 2.47. The highest BCUT2D eigenvalue weighted by Gasteiger charge is 2.25. The maximum absolute atomic E-state index is 12.4. The molecule has 0 aromatic carbocycles. The summed E-state index contributed by atoms with van der Waals surface area (Å²) in [6, 6.07) is 1.56. The highest BCUT2D eigenvalue weighted by atomic mass is 127. The minimum absolute atomic E-state index is 0.336. The van der Waals surface area contributed by atoms with Gasteiger partial charge in [-0.3, -0.25) is 14.1 Å². The Morgan fingerprint density at radius 2 is 1.94 bits per heavy atom. The van der Waals surface area contributed by atoms with Crippen molar-refractivity contribution in [2.24, 2.45) is 0 Å². The van der Waals surface area contributed by atoms with Gasteiger partial charge in [-0.15, -0.1) is 0 Å². The minimum Gasteiger partial charge on any atom is -0.363 e. The number of hydrogen-bond donors (Lipinski definition) is 1. The molecule has 0 aliphatic carbocycles. The zero-order chi connectivity index (χ0) is 13.3. The number of nitrogens with zero attached hydrogens (tertiary/aromatic N) is 1. The average Bonchev–Trinajstić information content (AvgIpc) is 2.82. The topological polar surface area (TPSA) is 73.6 Å². The summed E-state index contributed by atoms with van der Waals surface area (Å²) >= 11 is 4.30. The van der Waals surface area contributed by atoms with E-state index in [9.17, 15) is 4.57 Å². The second-order valence-corrected chi connectivity index (χ2v) is 9.51.